The Bertz CT molecular complexity index is 1010. The minimum absolute atomic E-state index is 0.0811. The van der Waals surface area contributed by atoms with Gasteiger partial charge >= 0.3 is 5.69 Å². The summed E-state index contributed by atoms with van der Waals surface area (Å²) in [6, 6.07) is 5.00. The summed E-state index contributed by atoms with van der Waals surface area (Å²) in [6.45, 7) is 4.66. The van der Waals surface area contributed by atoms with Crippen LogP contribution in [0, 0.1) is 5.41 Å². The van der Waals surface area contributed by atoms with E-state index in [0.29, 0.717) is 27.0 Å². The topological polar surface area (TPSA) is 99.1 Å². The SMILES string of the molecule is CC1(Cn2c(=O)n(N)c(=O)c3cc(S(=O)NC4(C)CC4)ccc32)CC1. The highest BCUT2D eigenvalue weighted by Gasteiger charge is 2.39. The van der Waals surface area contributed by atoms with Gasteiger partial charge in [-0.1, -0.05) is 6.92 Å². The lowest BCUT2D eigenvalue weighted by Crippen LogP contribution is -2.45. The average Bonchev–Trinajstić information content (AvgIpc) is 3.49. The first-order chi connectivity index (χ1) is 11.7. The van der Waals surface area contributed by atoms with Crippen molar-refractivity contribution in [3.8, 4) is 0 Å². The van der Waals surface area contributed by atoms with Gasteiger partial charge in [-0.25, -0.2) is 13.7 Å². The van der Waals surface area contributed by atoms with E-state index in [1.54, 1.807) is 22.8 Å². The third-order valence-corrected chi connectivity index (χ3v) is 6.70. The van der Waals surface area contributed by atoms with E-state index in [1.807, 2.05) is 6.92 Å². The molecule has 3 N–H and O–H groups in total. The van der Waals surface area contributed by atoms with Crippen LogP contribution in [0.25, 0.3) is 10.9 Å². The standard InChI is InChI=1S/C17H22N4O3S/c1-16(5-6-16)10-20-13-4-3-11(25(24)19-17(2)7-8-17)9-12(13)14(22)21(18)15(20)23/h3-4,9,19H,5-8,10,18H2,1-2H3. The van der Waals surface area contributed by atoms with Gasteiger partial charge in [0.1, 0.15) is 11.0 Å². The molecular formula is C17H22N4O3S. The zero-order valence-corrected chi connectivity index (χ0v) is 15.2. The highest BCUT2D eigenvalue weighted by molar-refractivity contribution is 7.83. The van der Waals surface area contributed by atoms with Crippen LogP contribution < -0.4 is 21.8 Å². The van der Waals surface area contributed by atoms with Crippen molar-refractivity contribution in [2.75, 3.05) is 5.84 Å². The molecule has 1 unspecified atom stereocenters. The first kappa shape index (κ1) is 16.5. The van der Waals surface area contributed by atoms with Crippen LogP contribution in [0.2, 0.25) is 0 Å². The molecular weight excluding hydrogens is 340 g/mol. The minimum Gasteiger partial charge on any atom is -0.332 e. The summed E-state index contributed by atoms with van der Waals surface area (Å²) in [7, 11) is -1.41. The zero-order valence-electron chi connectivity index (χ0n) is 14.4. The maximum atomic E-state index is 12.5. The third-order valence-electron chi connectivity index (χ3n) is 5.34. The van der Waals surface area contributed by atoms with Crippen molar-refractivity contribution in [2.45, 2.75) is 56.5 Å². The van der Waals surface area contributed by atoms with Gasteiger partial charge in [-0.15, -0.1) is 0 Å². The molecule has 0 radical (unpaired) electrons. The molecule has 2 fully saturated rings. The molecule has 0 bridgehead atoms. The molecule has 2 aromatic rings. The Morgan fingerprint density at radius 2 is 1.88 bits per heavy atom. The highest BCUT2D eigenvalue weighted by Crippen LogP contribution is 2.46. The number of hydrogen-bond acceptors (Lipinski definition) is 4. The molecule has 7 nitrogen and oxygen atoms in total. The Morgan fingerprint density at radius 3 is 2.48 bits per heavy atom. The molecule has 8 heteroatoms. The summed E-state index contributed by atoms with van der Waals surface area (Å²) >= 11 is 0. The number of aromatic nitrogens is 2. The summed E-state index contributed by atoms with van der Waals surface area (Å²) in [5, 5.41) is 0.319. The van der Waals surface area contributed by atoms with Gasteiger partial charge in [-0.2, -0.15) is 4.68 Å². The Morgan fingerprint density at radius 1 is 1.20 bits per heavy atom. The van der Waals surface area contributed by atoms with Crippen LogP contribution in [-0.2, 0) is 17.5 Å². The van der Waals surface area contributed by atoms with Crippen molar-refractivity contribution >= 4 is 21.9 Å². The van der Waals surface area contributed by atoms with Crippen molar-refractivity contribution in [3.63, 3.8) is 0 Å². The molecule has 0 amide bonds. The molecule has 4 rings (SSSR count). The van der Waals surface area contributed by atoms with E-state index in [-0.39, 0.29) is 11.0 Å². The molecule has 1 aromatic heterocycles. The fourth-order valence-electron chi connectivity index (χ4n) is 2.97. The van der Waals surface area contributed by atoms with Gasteiger partial charge in [0.05, 0.1) is 15.8 Å². The van der Waals surface area contributed by atoms with Crippen LogP contribution >= 0.6 is 0 Å². The lowest BCUT2D eigenvalue weighted by Gasteiger charge is -2.16. The van der Waals surface area contributed by atoms with Gasteiger partial charge in [0.2, 0.25) is 0 Å². The predicted octanol–water partition coefficient (Wildman–Crippen LogP) is 0.842. The molecule has 1 aromatic carbocycles. The molecule has 0 spiro atoms. The Balaban J connectivity index is 1.83. The number of nitrogens with two attached hydrogens (primary N) is 1. The van der Waals surface area contributed by atoms with E-state index in [2.05, 4.69) is 11.6 Å². The van der Waals surface area contributed by atoms with E-state index in [4.69, 9.17) is 5.84 Å². The molecule has 1 atom stereocenters. The first-order valence-electron chi connectivity index (χ1n) is 8.46. The van der Waals surface area contributed by atoms with E-state index in [1.165, 1.54) is 0 Å². The van der Waals surface area contributed by atoms with Crippen LogP contribution in [0.1, 0.15) is 39.5 Å². The normalized spacial score (nSPS) is 21.2. The van der Waals surface area contributed by atoms with E-state index in [0.717, 1.165) is 25.7 Å². The lowest BCUT2D eigenvalue weighted by molar-refractivity contribution is 0.453. The predicted molar refractivity (Wildman–Crippen MR) is 97.1 cm³/mol. The van der Waals surface area contributed by atoms with Crippen LogP contribution in [0.3, 0.4) is 0 Å². The summed E-state index contributed by atoms with van der Waals surface area (Å²) in [4.78, 5) is 25.4. The van der Waals surface area contributed by atoms with Gasteiger partial charge in [0.25, 0.3) is 5.56 Å². The molecule has 1 heterocycles. The molecule has 2 saturated carbocycles. The summed E-state index contributed by atoms with van der Waals surface area (Å²) < 4.78 is 17.8. The number of nitrogens with one attached hydrogen (secondary N) is 1. The molecule has 2 aliphatic carbocycles. The van der Waals surface area contributed by atoms with Crippen molar-refractivity contribution in [3.05, 3.63) is 39.0 Å². The van der Waals surface area contributed by atoms with E-state index < -0.39 is 22.2 Å². The Hall–Kier alpha value is -1.93. The lowest BCUT2D eigenvalue weighted by atomic mass is 10.1. The highest BCUT2D eigenvalue weighted by atomic mass is 32.2. The second-order valence-corrected chi connectivity index (χ2v) is 9.18. The van der Waals surface area contributed by atoms with Gasteiger partial charge in [0, 0.05) is 12.1 Å². The van der Waals surface area contributed by atoms with Crippen LogP contribution in [0.15, 0.2) is 32.7 Å². The quantitative estimate of drug-likeness (QED) is 0.770. The number of fused-ring (bicyclic) bond motifs is 1. The van der Waals surface area contributed by atoms with Crippen molar-refractivity contribution in [1.29, 1.82) is 0 Å². The van der Waals surface area contributed by atoms with E-state index >= 15 is 0 Å². The average molecular weight is 362 g/mol. The van der Waals surface area contributed by atoms with Crippen LogP contribution in [-0.4, -0.2) is 19.0 Å². The maximum Gasteiger partial charge on any atom is 0.350 e. The fourth-order valence-corrected chi connectivity index (χ4v) is 4.15. The zero-order chi connectivity index (χ0) is 18.0. The number of rotatable bonds is 5. The Labute approximate surface area is 147 Å². The summed E-state index contributed by atoms with van der Waals surface area (Å²) in [5.41, 5.74) is -0.537. The molecule has 25 heavy (non-hydrogen) atoms. The molecule has 134 valence electrons. The monoisotopic (exact) mass is 362 g/mol. The minimum atomic E-state index is -1.41. The van der Waals surface area contributed by atoms with Gasteiger partial charge in [0.15, 0.2) is 0 Å². The summed E-state index contributed by atoms with van der Waals surface area (Å²) in [5.74, 6) is 5.71. The van der Waals surface area contributed by atoms with Crippen molar-refractivity contribution in [2.24, 2.45) is 5.41 Å². The van der Waals surface area contributed by atoms with Crippen LogP contribution in [0.5, 0.6) is 0 Å². The second kappa shape index (κ2) is 5.28. The largest absolute Gasteiger partial charge is 0.350 e. The molecule has 0 aliphatic heterocycles. The number of benzene rings is 1. The third kappa shape index (κ3) is 2.93. The van der Waals surface area contributed by atoms with E-state index in [9.17, 15) is 13.8 Å². The summed E-state index contributed by atoms with van der Waals surface area (Å²) in [6.07, 6.45) is 4.07. The van der Waals surface area contributed by atoms with Gasteiger partial charge in [-0.05, 0) is 56.2 Å². The number of nitrogen functional groups attached to an aromatic ring is 1. The van der Waals surface area contributed by atoms with Gasteiger partial charge < -0.3 is 5.84 Å². The molecule has 2 aliphatic rings. The number of nitrogens with zero attached hydrogens (tertiary/aromatic N) is 2. The number of hydrogen-bond donors (Lipinski definition) is 2. The van der Waals surface area contributed by atoms with Gasteiger partial charge in [-0.3, -0.25) is 9.36 Å². The Kier molecular flexibility index (Phi) is 3.49. The molecule has 0 saturated heterocycles. The van der Waals surface area contributed by atoms with Crippen molar-refractivity contribution in [1.82, 2.24) is 14.0 Å². The first-order valence-corrected chi connectivity index (χ1v) is 9.61. The maximum absolute atomic E-state index is 12.5. The fraction of sp³-hybridized carbons (Fsp3) is 0.529. The van der Waals surface area contributed by atoms with Crippen LogP contribution in [0.4, 0.5) is 0 Å². The second-order valence-electron chi connectivity index (χ2n) is 7.96. The smallest absolute Gasteiger partial charge is 0.332 e. The van der Waals surface area contributed by atoms with Crippen molar-refractivity contribution < 1.29 is 4.21 Å².